The Balaban J connectivity index is 1.41. The third-order valence-electron chi connectivity index (χ3n) is 6.41. The zero-order chi connectivity index (χ0) is 22.3. The second-order valence-electron chi connectivity index (χ2n) is 8.91. The molecule has 3 aliphatic rings. The largest absolute Gasteiger partial charge is 0.535 e. The number of carboxylic acids is 1. The fourth-order valence-electron chi connectivity index (χ4n) is 4.59. The maximum absolute atomic E-state index is 12.2. The predicted octanol–water partition coefficient (Wildman–Crippen LogP) is -0.639. The van der Waals surface area contributed by atoms with Crippen molar-refractivity contribution >= 4 is 19.0 Å². The molecule has 2 fully saturated rings. The summed E-state index contributed by atoms with van der Waals surface area (Å²) in [7, 11) is -0.994. The molecule has 4 rings (SSSR count). The molecule has 2 aliphatic heterocycles. The third-order valence-corrected chi connectivity index (χ3v) is 6.41. The number of amides is 1. The van der Waals surface area contributed by atoms with Crippen LogP contribution >= 0.6 is 0 Å². The zero-order valence-electron chi connectivity index (χ0n) is 17.5. The van der Waals surface area contributed by atoms with Crippen LogP contribution in [0.4, 0.5) is 0 Å². The highest BCUT2D eigenvalue weighted by atomic mass is 16.5. The SMILES string of the molecule is CC(N)(CN1CC(Oc2ccc3c(c2C(=O)O)OB(O)[C@@H]2CC[C@H]32)C1)C(=O)NCCN. The molecule has 1 aliphatic carbocycles. The fraction of sp³-hybridized carbons (Fsp3) is 0.600. The number of nitrogens with two attached hydrogens (primary N) is 2. The van der Waals surface area contributed by atoms with Gasteiger partial charge in [0.1, 0.15) is 28.7 Å². The number of carboxylic acid groups (broad SMARTS) is 1. The van der Waals surface area contributed by atoms with Gasteiger partial charge in [0.25, 0.3) is 0 Å². The highest BCUT2D eigenvalue weighted by Gasteiger charge is 2.49. The minimum absolute atomic E-state index is 0.0220. The van der Waals surface area contributed by atoms with E-state index in [0.29, 0.717) is 32.7 Å². The number of hydrogen-bond acceptors (Lipinski definition) is 8. The Hall–Kier alpha value is -2.34. The Bertz CT molecular complexity index is 875. The van der Waals surface area contributed by atoms with Gasteiger partial charge in [-0.2, -0.15) is 0 Å². The second kappa shape index (κ2) is 8.31. The average molecular weight is 432 g/mol. The number of carbonyl (C=O) groups excluding carboxylic acids is 1. The van der Waals surface area contributed by atoms with Gasteiger partial charge in [0.2, 0.25) is 5.91 Å². The van der Waals surface area contributed by atoms with Crippen molar-refractivity contribution in [2.75, 3.05) is 32.7 Å². The highest BCUT2D eigenvalue weighted by molar-refractivity contribution is 6.47. The lowest BCUT2D eigenvalue weighted by Crippen LogP contribution is -2.64. The van der Waals surface area contributed by atoms with Crippen LogP contribution in [0.3, 0.4) is 0 Å². The molecule has 1 amide bonds. The third kappa shape index (κ3) is 4.10. The van der Waals surface area contributed by atoms with Gasteiger partial charge in [-0.15, -0.1) is 0 Å². The van der Waals surface area contributed by atoms with Gasteiger partial charge in [-0.3, -0.25) is 9.69 Å². The first-order valence-electron chi connectivity index (χ1n) is 10.6. The summed E-state index contributed by atoms with van der Waals surface area (Å²) in [5.41, 5.74) is 11.2. The number of rotatable bonds is 8. The summed E-state index contributed by atoms with van der Waals surface area (Å²) >= 11 is 0. The van der Waals surface area contributed by atoms with Crippen LogP contribution in [0.2, 0.25) is 5.82 Å². The van der Waals surface area contributed by atoms with Gasteiger partial charge in [0.05, 0.1) is 0 Å². The minimum Gasteiger partial charge on any atom is -0.535 e. The van der Waals surface area contributed by atoms with Crippen molar-refractivity contribution in [1.29, 1.82) is 0 Å². The molecule has 0 spiro atoms. The van der Waals surface area contributed by atoms with Gasteiger partial charge in [0, 0.05) is 38.5 Å². The number of aromatic carboxylic acids is 1. The number of hydrogen-bond donors (Lipinski definition) is 5. The van der Waals surface area contributed by atoms with Crippen molar-refractivity contribution in [2.45, 2.75) is 43.1 Å². The monoisotopic (exact) mass is 432 g/mol. The van der Waals surface area contributed by atoms with Crippen molar-refractivity contribution in [3.8, 4) is 11.5 Å². The first kappa shape index (κ1) is 21.9. The number of carbonyl (C=O) groups is 2. The summed E-state index contributed by atoms with van der Waals surface area (Å²) in [6, 6.07) is 3.52. The number of nitrogens with one attached hydrogen (secondary N) is 1. The van der Waals surface area contributed by atoms with Crippen LogP contribution in [0.1, 0.15) is 41.6 Å². The maximum atomic E-state index is 12.2. The van der Waals surface area contributed by atoms with Gasteiger partial charge < -0.3 is 36.3 Å². The minimum atomic E-state index is -1.15. The van der Waals surface area contributed by atoms with Crippen LogP contribution in [0.5, 0.6) is 11.5 Å². The second-order valence-corrected chi connectivity index (χ2v) is 8.91. The van der Waals surface area contributed by atoms with Crippen LogP contribution < -0.4 is 26.2 Å². The molecule has 0 radical (unpaired) electrons. The lowest BCUT2D eigenvalue weighted by Gasteiger charge is -2.44. The number of benzene rings is 1. The van der Waals surface area contributed by atoms with Gasteiger partial charge in [-0.05, 0) is 37.3 Å². The van der Waals surface area contributed by atoms with E-state index in [1.807, 2.05) is 11.0 Å². The van der Waals surface area contributed by atoms with E-state index in [1.54, 1.807) is 13.0 Å². The molecule has 168 valence electrons. The molecule has 1 unspecified atom stereocenters. The van der Waals surface area contributed by atoms with Gasteiger partial charge in [0.15, 0.2) is 0 Å². The standard InChI is InChI=1S/C20H29BN4O6/c1-20(23,19(28)24-7-6-22)10-25-8-11(9-25)30-15-5-3-13-12-2-4-14(12)21(29)31-17(13)16(15)18(26)27/h3,5,11-12,14,29H,2,4,6-10,22-23H2,1H3,(H,24,28)(H,26,27)/t12-,14-,20?/m1/s1. The Morgan fingerprint density at radius 3 is 2.74 bits per heavy atom. The van der Waals surface area contributed by atoms with E-state index in [9.17, 15) is 19.7 Å². The quantitative estimate of drug-likeness (QED) is 0.337. The molecule has 31 heavy (non-hydrogen) atoms. The summed E-state index contributed by atoms with van der Waals surface area (Å²) < 4.78 is 11.5. The molecule has 0 aromatic heterocycles. The maximum Gasteiger partial charge on any atom is 0.526 e. The van der Waals surface area contributed by atoms with Crippen molar-refractivity contribution in [2.24, 2.45) is 11.5 Å². The lowest BCUT2D eigenvalue weighted by molar-refractivity contribution is -0.127. The Morgan fingerprint density at radius 2 is 2.13 bits per heavy atom. The van der Waals surface area contributed by atoms with E-state index in [2.05, 4.69) is 5.32 Å². The smallest absolute Gasteiger partial charge is 0.526 e. The Morgan fingerprint density at radius 1 is 1.39 bits per heavy atom. The van der Waals surface area contributed by atoms with E-state index in [0.717, 1.165) is 18.4 Å². The molecule has 1 saturated carbocycles. The number of nitrogens with zero attached hydrogens (tertiary/aromatic N) is 1. The summed E-state index contributed by atoms with van der Waals surface area (Å²) in [6.45, 7) is 3.75. The first-order chi connectivity index (χ1) is 14.7. The summed E-state index contributed by atoms with van der Waals surface area (Å²) in [5.74, 6) is -0.849. The van der Waals surface area contributed by atoms with Crippen molar-refractivity contribution in [1.82, 2.24) is 10.2 Å². The van der Waals surface area contributed by atoms with Gasteiger partial charge >= 0.3 is 13.1 Å². The molecule has 10 nitrogen and oxygen atoms in total. The van der Waals surface area contributed by atoms with E-state index in [1.165, 1.54) is 0 Å². The molecular weight excluding hydrogens is 403 g/mol. The van der Waals surface area contributed by atoms with Crippen molar-refractivity contribution < 1.29 is 29.1 Å². The molecule has 0 bridgehead atoms. The predicted molar refractivity (Wildman–Crippen MR) is 113 cm³/mol. The van der Waals surface area contributed by atoms with E-state index in [4.69, 9.17) is 20.9 Å². The molecule has 11 heteroatoms. The Labute approximate surface area is 181 Å². The topological polar surface area (TPSA) is 160 Å². The van der Waals surface area contributed by atoms with E-state index < -0.39 is 18.6 Å². The van der Waals surface area contributed by atoms with Gasteiger partial charge in [-0.1, -0.05) is 6.07 Å². The van der Waals surface area contributed by atoms with Crippen LogP contribution in [-0.4, -0.2) is 78.4 Å². The zero-order valence-corrected chi connectivity index (χ0v) is 17.5. The summed E-state index contributed by atoms with van der Waals surface area (Å²) in [6.07, 6.45) is 1.55. The lowest BCUT2D eigenvalue weighted by atomic mass is 9.51. The highest BCUT2D eigenvalue weighted by Crippen LogP contribution is 2.55. The Kier molecular flexibility index (Phi) is 5.86. The molecular formula is C20H29BN4O6. The molecule has 2 heterocycles. The summed E-state index contributed by atoms with van der Waals surface area (Å²) in [4.78, 5) is 26.1. The van der Waals surface area contributed by atoms with Crippen LogP contribution in [0.25, 0.3) is 0 Å². The van der Waals surface area contributed by atoms with Crippen LogP contribution in [0.15, 0.2) is 12.1 Å². The fourth-order valence-corrected chi connectivity index (χ4v) is 4.59. The van der Waals surface area contributed by atoms with Crippen molar-refractivity contribution in [3.05, 3.63) is 23.3 Å². The molecule has 1 aromatic rings. The first-order valence-corrected chi connectivity index (χ1v) is 10.6. The average Bonchev–Trinajstić information content (AvgIpc) is 2.63. The summed E-state index contributed by atoms with van der Waals surface area (Å²) in [5, 5.41) is 22.7. The van der Waals surface area contributed by atoms with E-state index in [-0.39, 0.29) is 40.8 Å². The van der Waals surface area contributed by atoms with Gasteiger partial charge in [-0.25, -0.2) is 4.79 Å². The molecule has 3 atom stereocenters. The molecule has 7 N–H and O–H groups in total. The molecule has 1 aromatic carbocycles. The van der Waals surface area contributed by atoms with Crippen LogP contribution in [0, 0.1) is 0 Å². The number of ether oxygens (including phenoxy) is 1. The normalized spacial score (nSPS) is 24.6. The van der Waals surface area contributed by atoms with E-state index >= 15 is 0 Å². The van der Waals surface area contributed by atoms with Crippen LogP contribution in [-0.2, 0) is 4.79 Å². The molecule has 1 saturated heterocycles. The van der Waals surface area contributed by atoms with Crippen molar-refractivity contribution in [3.63, 3.8) is 0 Å². The number of fused-ring (bicyclic) bond motifs is 3. The number of likely N-dealkylation sites (tertiary alicyclic amines) is 1.